The highest BCUT2D eigenvalue weighted by atomic mass is 35.5. The number of carbonyl (C=O) groups excluding carboxylic acids is 1. The summed E-state index contributed by atoms with van der Waals surface area (Å²) in [6.07, 6.45) is 5.81. The second-order valence-corrected chi connectivity index (χ2v) is 5.28. The van der Waals surface area contributed by atoms with Gasteiger partial charge in [0.1, 0.15) is 5.75 Å². The third-order valence-corrected chi connectivity index (χ3v) is 3.94. The Hall–Kier alpha value is -1.22. The molecular formula is C14H18ClNO2. The van der Waals surface area contributed by atoms with E-state index in [-0.39, 0.29) is 16.7 Å². The molecule has 0 aliphatic heterocycles. The van der Waals surface area contributed by atoms with Gasteiger partial charge in [0.2, 0.25) is 0 Å². The Morgan fingerprint density at radius 3 is 2.61 bits per heavy atom. The van der Waals surface area contributed by atoms with Crippen LogP contribution < -0.4 is 0 Å². The monoisotopic (exact) mass is 267 g/mol. The fourth-order valence-corrected chi connectivity index (χ4v) is 2.66. The number of phenolic OH excluding ortho intramolecular Hbond substituents is 1. The van der Waals surface area contributed by atoms with Crippen LogP contribution in [-0.4, -0.2) is 29.0 Å². The molecule has 4 heteroatoms. The molecule has 2 rings (SSSR count). The van der Waals surface area contributed by atoms with Gasteiger partial charge in [0, 0.05) is 18.7 Å². The number of rotatable bonds is 2. The van der Waals surface area contributed by atoms with Crippen LogP contribution in [0.15, 0.2) is 18.2 Å². The van der Waals surface area contributed by atoms with Crippen LogP contribution in [0.4, 0.5) is 0 Å². The molecule has 98 valence electrons. The standard InChI is InChI=1S/C14H18ClNO2/c1-16(11-5-3-2-4-6-11)14(18)10-7-8-13(17)12(15)9-10/h7-9,11,17H,2-6H2,1H3. The molecular weight excluding hydrogens is 250 g/mol. The van der Waals surface area contributed by atoms with Crippen molar-refractivity contribution in [3.63, 3.8) is 0 Å². The van der Waals surface area contributed by atoms with Gasteiger partial charge in [0.05, 0.1) is 5.02 Å². The maximum Gasteiger partial charge on any atom is 0.253 e. The first-order valence-electron chi connectivity index (χ1n) is 6.35. The first-order valence-corrected chi connectivity index (χ1v) is 6.73. The van der Waals surface area contributed by atoms with Crippen molar-refractivity contribution < 1.29 is 9.90 Å². The minimum atomic E-state index is -0.0243. The topological polar surface area (TPSA) is 40.5 Å². The molecule has 1 fully saturated rings. The molecule has 1 aliphatic rings. The van der Waals surface area contributed by atoms with E-state index in [1.54, 1.807) is 6.07 Å². The van der Waals surface area contributed by atoms with Crippen LogP contribution in [-0.2, 0) is 0 Å². The van der Waals surface area contributed by atoms with Crippen LogP contribution >= 0.6 is 11.6 Å². The summed E-state index contributed by atoms with van der Waals surface area (Å²) in [6, 6.07) is 4.94. The lowest BCUT2D eigenvalue weighted by atomic mass is 9.94. The molecule has 0 bridgehead atoms. The Kier molecular flexibility index (Phi) is 4.12. The first kappa shape index (κ1) is 13.2. The summed E-state index contributed by atoms with van der Waals surface area (Å²) in [4.78, 5) is 14.1. The molecule has 0 spiro atoms. The van der Waals surface area contributed by atoms with E-state index in [1.807, 2.05) is 11.9 Å². The summed E-state index contributed by atoms with van der Waals surface area (Å²) in [7, 11) is 1.85. The maximum absolute atomic E-state index is 12.3. The Morgan fingerprint density at radius 1 is 1.33 bits per heavy atom. The second kappa shape index (κ2) is 5.61. The quantitative estimate of drug-likeness (QED) is 0.892. The van der Waals surface area contributed by atoms with Gasteiger partial charge in [0.15, 0.2) is 0 Å². The molecule has 1 aromatic carbocycles. The molecule has 0 saturated heterocycles. The average molecular weight is 268 g/mol. The highest BCUT2D eigenvalue weighted by Crippen LogP contribution is 2.26. The summed E-state index contributed by atoms with van der Waals surface area (Å²) >= 11 is 5.83. The normalized spacial score (nSPS) is 16.6. The van der Waals surface area contributed by atoms with Crippen molar-refractivity contribution in [1.29, 1.82) is 0 Å². The zero-order chi connectivity index (χ0) is 13.1. The van der Waals surface area contributed by atoms with Gasteiger partial charge in [-0.1, -0.05) is 30.9 Å². The highest BCUT2D eigenvalue weighted by Gasteiger charge is 2.23. The molecule has 1 saturated carbocycles. The zero-order valence-corrected chi connectivity index (χ0v) is 11.3. The van der Waals surface area contributed by atoms with E-state index < -0.39 is 0 Å². The van der Waals surface area contributed by atoms with E-state index in [0.717, 1.165) is 12.8 Å². The molecule has 1 aliphatic carbocycles. The number of amides is 1. The lowest BCUT2D eigenvalue weighted by molar-refractivity contribution is 0.0696. The lowest BCUT2D eigenvalue weighted by Crippen LogP contribution is -2.38. The zero-order valence-electron chi connectivity index (χ0n) is 10.5. The van der Waals surface area contributed by atoms with Crippen LogP contribution in [0.2, 0.25) is 5.02 Å². The number of benzene rings is 1. The molecule has 1 aromatic rings. The minimum Gasteiger partial charge on any atom is -0.506 e. The van der Waals surface area contributed by atoms with Gasteiger partial charge in [-0.3, -0.25) is 4.79 Å². The number of carbonyl (C=O) groups is 1. The van der Waals surface area contributed by atoms with E-state index in [4.69, 9.17) is 11.6 Å². The number of nitrogens with zero attached hydrogens (tertiary/aromatic N) is 1. The van der Waals surface area contributed by atoms with Crippen LogP contribution in [0.5, 0.6) is 5.75 Å². The van der Waals surface area contributed by atoms with E-state index in [1.165, 1.54) is 31.4 Å². The minimum absolute atomic E-state index is 0.00790. The summed E-state index contributed by atoms with van der Waals surface area (Å²) in [5.74, 6) is -0.0164. The van der Waals surface area contributed by atoms with Crippen LogP contribution in [0, 0.1) is 0 Å². The van der Waals surface area contributed by atoms with Crippen molar-refractivity contribution in [3.05, 3.63) is 28.8 Å². The van der Waals surface area contributed by atoms with Crippen molar-refractivity contribution in [3.8, 4) is 5.75 Å². The molecule has 0 atom stereocenters. The SMILES string of the molecule is CN(C(=O)c1ccc(O)c(Cl)c1)C1CCCCC1. The Morgan fingerprint density at radius 2 is 2.00 bits per heavy atom. The fourth-order valence-electron chi connectivity index (χ4n) is 2.48. The van der Waals surface area contributed by atoms with Gasteiger partial charge in [-0.05, 0) is 31.0 Å². The van der Waals surface area contributed by atoms with Crippen molar-refractivity contribution >= 4 is 17.5 Å². The molecule has 0 aromatic heterocycles. The maximum atomic E-state index is 12.3. The van der Waals surface area contributed by atoms with Crippen LogP contribution in [0.3, 0.4) is 0 Å². The molecule has 1 amide bonds. The second-order valence-electron chi connectivity index (χ2n) is 4.87. The van der Waals surface area contributed by atoms with E-state index in [9.17, 15) is 9.90 Å². The molecule has 3 nitrogen and oxygen atoms in total. The van der Waals surface area contributed by atoms with Gasteiger partial charge < -0.3 is 10.0 Å². The number of hydrogen-bond donors (Lipinski definition) is 1. The highest BCUT2D eigenvalue weighted by molar-refractivity contribution is 6.32. The number of phenols is 1. The number of halogens is 1. The summed E-state index contributed by atoms with van der Waals surface area (Å²) in [6.45, 7) is 0. The van der Waals surface area contributed by atoms with E-state index >= 15 is 0 Å². The largest absolute Gasteiger partial charge is 0.506 e. The first-order chi connectivity index (χ1) is 8.59. The molecule has 0 radical (unpaired) electrons. The molecule has 0 heterocycles. The van der Waals surface area contributed by atoms with Gasteiger partial charge in [-0.15, -0.1) is 0 Å². The Labute approximate surface area is 112 Å². The van der Waals surface area contributed by atoms with Gasteiger partial charge >= 0.3 is 0 Å². The Bertz CT molecular complexity index is 441. The van der Waals surface area contributed by atoms with Crippen molar-refractivity contribution in [2.45, 2.75) is 38.1 Å². The van der Waals surface area contributed by atoms with Crippen molar-refractivity contribution in [2.75, 3.05) is 7.05 Å². The summed E-state index contributed by atoms with van der Waals surface area (Å²) in [5.41, 5.74) is 0.533. The summed E-state index contributed by atoms with van der Waals surface area (Å²) in [5, 5.41) is 9.58. The number of hydrogen-bond acceptors (Lipinski definition) is 2. The predicted molar refractivity (Wildman–Crippen MR) is 72.1 cm³/mol. The van der Waals surface area contributed by atoms with E-state index in [2.05, 4.69) is 0 Å². The van der Waals surface area contributed by atoms with Crippen molar-refractivity contribution in [1.82, 2.24) is 4.90 Å². The van der Waals surface area contributed by atoms with Crippen LogP contribution in [0.25, 0.3) is 0 Å². The van der Waals surface area contributed by atoms with Crippen LogP contribution in [0.1, 0.15) is 42.5 Å². The number of aromatic hydroxyl groups is 1. The smallest absolute Gasteiger partial charge is 0.253 e. The lowest BCUT2D eigenvalue weighted by Gasteiger charge is -2.31. The molecule has 18 heavy (non-hydrogen) atoms. The molecule has 1 N–H and O–H groups in total. The third kappa shape index (κ3) is 2.78. The van der Waals surface area contributed by atoms with Crippen molar-refractivity contribution in [2.24, 2.45) is 0 Å². The van der Waals surface area contributed by atoms with E-state index in [0.29, 0.717) is 11.6 Å². The fraction of sp³-hybridized carbons (Fsp3) is 0.500. The summed E-state index contributed by atoms with van der Waals surface area (Å²) < 4.78 is 0. The average Bonchev–Trinajstić information content (AvgIpc) is 2.41. The predicted octanol–water partition coefficient (Wildman–Crippen LogP) is 3.45. The van der Waals surface area contributed by atoms with Gasteiger partial charge in [-0.25, -0.2) is 0 Å². The third-order valence-electron chi connectivity index (χ3n) is 3.64. The van der Waals surface area contributed by atoms with Gasteiger partial charge in [-0.2, -0.15) is 0 Å². The molecule has 0 unspecified atom stereocenters. The van der Waals surface area contributed by atoms with Gasteiger partial charge in [0.25, 0.3) is 5.91 Å². The Balaban J connectivity index is 2.11.